The molecule has 1 heterocycles. The van der Waals surface area contributed by atoms with E-state index < -0.39 is 6.09 Å². The van der Waals surface area contributed by atoms with Crippen molar-refractivity contribution in [2.24, 2.45) is 11.3 Å². The van der Waals surface area contributed by atoms with Gasteiger partial charge in [0.15, 0.2) is 0 Å². The van der Waals surface area contributed by atoms with Crippen molar-refractivity contribution in [2.75, 3.05) is 19.7 Å². The second-order valence-electron chi connectivity index (χ2n) is 4.73. The van der Waals surface area contributed by atoms with E-state index in [2.05, 4.69) is 0 Å². The number of nitrogens with zero attached hydrogens (tertiary/aromatic N) is 1. The number of amides is 1. The Labute approximate surface area is 83.5 Å². The van der Waals surface area contributed by atoms with E-state index in [0.29, 0.717) is 31.0 Å². The highest BCUT2D eigenvalue weighted by atomic mass is 16.4. The van der Waals surface area contributed by atoms with Crippen molar-refractivity contribution in [1.29, 1.82) is 0 Å². The molecule has 2 N–H and O–H groups in total. The molecule has 1 saturated carbocycles. The van der Waals surface area contributed by atoms with E-state index in [9.17, 15) is 4.79 Å². The van der Waals surface area contributed by atoms with Crippen molar-refractivity contribution in [3.63, 3.8) is 0 Å². The summed E-state index contributed by atoms with van der Waals surface area (Å²) in [6.07, 6.45) is 3.36. The molecule has 4 nitrogen and oxygen atoms in total. The summed E-state index contributed by atoms with van der Waals surface area (Å²) in [6, 6.07) is 0. The van der Waals surface area contributed by atoms with Gasteiger partial charge in [-0.15, -0.1) is 0 Å². The van der Waals surface area contributed by atoms with Crippen LogP contribution in [0.1, 0.15) is 25.7 Å². The molecule has 0 unspecified atom stereocenters. The molecular formula is C10H17NO3. The minimum absolute atomic E-state index is 0.296. The Kier molecular flexibility index (Phi) is 2.39. The number of likely N-dealkylation sites (tertiary alicyclic amines) is 1. The van der Waals surface area contributed by atoms with Gasteiger partial charge in [-0.3, -0.25) is 0 Å². The molecule has 0 aromatic heterocycles. The number of aliphatic hydroxyl groups excluding tert-OH is 1. The third-order valence-corrected chi connectivity index (χ3v) is 3.80. The van der Waals surface area contributed by atoms with Gasteiger partial charge in [0.05, 0.1) is 0 Å². The van der Waals surface area contributed by atoms with Crippen LogP contribution in [-0.2, 0) is 0 Å². The lowest BCUT2D eigenvalue weighted by molar-refractivity contribution is -0.0297. The van der Waals surface area contributed by atoms with Crippen LogP contribution < -0.4 is 0 Å². The van der Waals surface area contributed by atoms with Crippen molar-refractivity contribution in [1.82, 2.24) is 4.90 Å². The Hall–Kier alpha value is -0.770. The van der Waals surface area contributed by atoms with Gasteiger partial charge in [0.2, 0.25) is 0 Å². The number of hydrogen-bond donors (Lipinski definition) is 2. The fourth-order valence-electron chi connectivity index (χ4n) is 2.87. The molecule has 0 bridgehead atoms. The van der Waals surface area contributed by atoms with Gasteiger partial charge in [0.1, 0.15) is 0 Å². The highest BCUT2D eigenvalue weighted by molar-refractivity contribution is 5.65. The largest absolute Gasteiger partial charge is 0.465 e. The standard InChI is InChI=1S/C10H17NO3/c12-7-8-5-10(6-8)1-3-11(4-2-10)9(13)14/h8,12H,1-7H2,(H,13,14). The molecule has 2 aliphatic rings. The van der Waals surface area contributed by atoms with Crippen LogP contribution in [0.2, 0.25) is 0 Å². The maximum Gasteiger partial charge on any atom is 0.407 e. The summed E-state index contributed by atoms with van der Waals surface area (Å²) in [6.45, 7) is 1.64. The first-order chi connectivity index (χ1) is 6.65. The Morgan fingerprint density at radius 3 is 2.36 bits per heavy atom. The maximum atomic E-state index is 10.7. The molecule has 0 aromatic rings. The molecule has 0 radical (unpaired) electrons. The molecular weight excluding hydrogens is 182 g/mol. The van der Waals surface area contributed by atoms with E-state index in [1.54, 1.807) is 0 Å². The van der Waals surface area contributed by atoms with Crippen molar-refractivity contribution in [3.8, 4) is 0 Å². The lowest BCUT2D eigenvalue weighted by Gasteiger charge is -2.51. The summed E-state index contributed by atoms with van der Waals surface area (Å²) < 4.78 is 0. The summed E-state index contributed by atoms with van der Waals surface area (Å²) in [5.41, 5.74) is 0.374. The molecule has 0 aromatic carbocycles. The lowest BCUT2D eigenvalue weighted by Crippen LogP contribution is -2.49. The Morgan fingerprint density at radius 1 is 1.36 bits per heavy atom. The summed E-state index contributed by atoms with van der Waals surface area (Å²) in [7, 11) is 0. The van der Waals surface area contributed by atoms with Gasteiger partial charge >= 0.3 is 6.09 Å². The van der Waals surface area contributed by atoms with Gasteiger partial charge < -0.3 is 15.1 Å². The van der Waals surface area contributed by atoms with Crippen LogP contribution in [-0.4, -0.2) is 40.9 Å². The summed E-state index contributed by atoms with van der Waals surface area (Å²) in [5.74, 6) is 0.478. The van der Waals surface area contributed by atoms with E-state index in [1.165, 1.54) is 4.90 Å². The molecule has 2 rings (SSSR count). The first-order valence-corrected chi connectivity index (χ1v) is 5.24. The molecule has 1 saturated heterocycles. The Morgan fingerprint density at radius 2 is 1.93 bits per heavy atom. The van der Waals surface area contributed by atoms with Crippen LogP contribution in [0.4, 0.5) is 4.79 Å². The number of rotatable bonds is 1. The first kappa shape index (κ1) is 9.77. The molecule has 1 aliphatic carbocycles. The zero-order chi connectivity index (χ0) is 10.2. The normalized spacial score (nSPS) is 26.2. The monoisotopic (exact) mass is 199 g/mol. The van der Waals surface area contributed by atoms with Gasteiger partial charge in [-0.2, -0.15) is 0 Å². The van der Waals surface area contributed by atoms with E-state index in [1.807, 2.05) is 0 Å². The van der Waals surface area contributed by atoms with Crippen LogP contribution >= 0.6 is 0 Å². The number of piperidine rings is 1. The van der Waals surface area contributed by atoms with Crippen molar-refractivity contribution in [3.05, 3.63) is 0 Å². The van der Waals surface area contributed by atoms with E-state index in [0.717, 1.165) is 25.7 Å². The fourth-order valence-corrected chi connectivity index (χ4v) is 2.87. The summed E-state index contributed by atoms with van der Waals surface area (Å²) >= 11 is 0. The lowest BCUT2D eigenvalue weighted by atomic mass is 9.58. The van der Waals surface area contributed by atoms with Gasteiger partial charge in [0.25, 0.3) is 0 Å². The molecule has 1 amide bonds. The summed E-state index contributed by atoms with van der Waals surface area (Å²) in [5, 5.41) is 17.7. The molecule has 14 heavy (non-hydrogen) atoms. The van der Waals surface area contributed by atoms with E-state index in [-0.39, 0.29) is 0 Å². The molecule has 1 spiro atoms. The maximum absolute atomic E-state index is 10.7. The molecule has 80 valence electrons. The van der Waals surface area contributed by atoms with Gasteiger partial charge in [0, 0.05) is 19.7 Å². The average Bonchev–Trinajstić information content (AvgIpc) is 2.14. The zero-order valence-electron chi connectivity index (χ0n) is 8.28. The zero-order valence-corrected chi connectivity index (χ0v) is 8.28. The number of carboxylic acid groups (broad SMARTS) is 1. The predicted molar refractivity (Wildman–Crippen MR) is 51.1 cm³/mol. The topological polar surface area (TPSA) is 60.8 Å². The first-order valence-electron chi connectivity index (χ1n) is 5.24. The molecule has 1 aliphatic heterocycles. The van der Waals surface area contributed by atoms with E-state index in [4.69, 9.17) is 10.2 Å². The van der Waals surface area contributed by atoms with Crippen molar-refractivity contribution in [2.45, 2.75) is 25.7 Å². The molecule has 2 fully saturated rings. The third kappa shape index (κ3) is 1.59. The van der Waals surface area contributed by atoms with Crippen LogP contribution in [0.15, 0.2) is 0 Å². The van der Waals surface area contributed by atoms with E-state index >= 15 is 0 Å². The fraction of sp³-hybridized carbons (Fsp3) is 0.900. The minimum atomic E-state index is -0.794. The van der Waals surface area contributed by atoms with Crippen LogP contribution in [0.5, 0.6) is 0 Å². The SMILES string of the molecule is O=C(O)N1CCC2(CC1)CC(CO)C2. The molecule has 4 heteroatoms. The number of hydrogen-bond acceptors (Lipinski definition) is 2. The number of aliphatic hydroxyl groups is 1. The van der Waals surface area contributed by atoms with Gasteiger partial charge in [-0.05, 0) is 37.0 Å². The molecule has 0 atom stereocenters. The second kappa shape index (κ2) is 3.42. The highest BCUT2D eigenvalue weighted by Gasteiger charge is 2.45. The van der Waals surface area contributed by atoms with Crippen LogP contribution in [0.3, 0.4) is 0 Å². The van der Waals surface area contributed by atoms with Gasteiger partial charge in [-0.25, -0.2) is 4.79 Å². The summed E-state index contributed by atoms with van der Waals surface area (Å²) in [4.78, 5) is 12.2. The predicted octanol–water partition coefficient (Wildman–Crippen LogP) is 1.15. The Balaban J connectivity index is 1.82. The second-order valence-corrected chi connectivity index (χ2v) is 4.73. The average molecular weight is 199 g/mol. The highest BCUT2D eigenvalue weighted by Crippen LogP contribution is 2.52. The van der Waals surface area contributed by atoms with Crippen molar-refractivity contribution < 1.29 is 15.0 Å². The number of carbonyl (C=O) groups is 1. The van der Waals surface area contributed by atoms with Crippen LogP contribution in [0.25, 0.3) is 0 Å². The Bertz CT molecular complexity index is 226. The van der Waals surface area contributed by atoms with Crippen LogP contribution in [0, 0.1) is 11.3 Å². The third-order valence-electron chi connectivity index (χ3n) is 3.80. The van der Waals surface area contributed by atoms with Gasteiger partial charge in [-0.1, -0.05) is 0 Å². The quantitative estimate of drug-likeness (QED) is 0.666. The minimum Gasteiger partial charge on any atom is -0.465 e. The smallest absolute Gasteiger partial charge is 0.407 e. The van der Waals surface area contributed by atoms with Crippen molar-refractivity contribution >= 4 is 6.09 Å².